The highest BCUT2D eigenvalue weighted by Gasteiger charge is 2.12. The van der Waals surface area contributed by atoms with Crippen LogP contribution in [0.4, 0.5) is 5.69 Å². The first-order valence-electron chi connectivity index (χ1n) is 6.60. The van der Waals surface area contributed by atoms with Crippen LogP contribution < -0.4 is 5.32 Å². The van der Waals surface area contributed by atoms with E-state index in [4.69, 9.17) is 27.6 Å². The summed E-state index contributed by atoms with van der Waals surface area (Å²) in [6, 6.07) is 10.9. The molecular weight excluding hydrogens is 323 g/mol. The molecule has 1 amide bonds. The Bertz CT molecular complexity index is 858. The van der Waals surface area contributed by atoms with E-state index >= 15 is 0 Å². The summed E-state index contributed by atoms with van der Waals surface area (Å²) in [6.45, 7) is 1.89. The number of carbonyl (C=O) groups is 1. The Kier molecular flexibility index (Phi) is 4.05. The number of nitrogens with one attached hydrogen (secondary N) is 1. The van der Waals surface area contributed by atoms with Gasteiger partial charge in [-0.2, -0.15) is 0 Å². The van der Waals surface area contributed by atoms with Gasteiger partial charge in [0.1, 0.15) is 11.4 Å². The number of oxazole rings is 1. The van der Waals surface area contributed by atoms with E-state index in [-0.39, 0.29) is 11.8 Å². The molecule has 0 fully saturated rings. The second kappa shape index (κ2) is 5.99. The van der Waals surface area contributed by atoms with Crippen LogP contribution in [-0.2, 0) is 4.79 Å². The minimum atomic E-state index is -0.265. The van der Waals surface area contributed by atoms with Gasteiger partial charge in [-0.3, -0.25) is 4.79 Å². The van der Waals surface area contributed by atoms with Gasteiger partial charge in [-0.15, -0.1) is 11.6 Å². The summed E-state index contributed by atoms with van der Waals surface area (Å²) >= 11 is 11.5. The Morgan fingerprint density at radius 3 is 2.86 bits per heavy atom. The van der Waals surface area contributed by atoms with Gasteiger partial charge in [0.05, 0.1) is 0 Å². The maximum Gasteiger partial charge on any atom is 0.239 e. The number of amides is 1. The minimum Gasteiger partial charge on any atom is -0.436 e. The highest BCUT2D eigenvalue weighted by atomic mass is 35.5. The number of benzene rings is 2. The maximum absolute atomic E-state index is 11.4. The number of hydrogen-bond donors (Lipinski definition) is 1. The van der Waals surface area contributed by atoms with Gasteiger partial charge in [-0.05, 0) is 42.8 Å². The van der Waals surface area contributed by atoms with Crippen molar-refractivity contribution in [3.05, 3.63) is 47.0 Å². The lowest BCUT2D eigenvalue weighted by atomic mass is 10.2. The molecule has 0 unspecified atom stereocenters. The summed E-state index contributed by atoms with van der Waals surface area (Å²) in [7, 11) is 0. The van der Waals surface area contributed by atoms with E-state index in [1.54, 1.807) is 18.2 Å². The van der Waals surface area contributed by atoms with Gasteiger partial charge in [0, 0.05) is 16.3 Å². The Morgan fingerprint density at radius 2 is 2.14 bits per heavy atom. The van der Waals surface area contributed by atoms with Crippen molar-refractivity contribution in [3.63, 3.8) is 0 Å². The highest BCUT2D eigenvalue weighted by Crippen LogP contribution is 2.30. The number of nitrogens with zero attached hydrogens (tertiary/aromatic N) is 1. The van der Waals surface area contributed by atoms with Crippen LogP contribution in [0.5, 0.6) is 0 Å². The van der Waals surface area contributed by atoms with Crippen molar-refractivity contribution in [3.8, 4) is 11.5 Å². The standard InChI is InChI=1S/C16H12Cl2N2O2/c1-9-5-12(19-14(21)8-17)7-13-15(9)22-16(20-13)10-3-2-4-11(18)6-10/h2-7H,8H2,1H3,(H,19,21). The number of fused-ring (bicyclic) bond motifs is 1. The van der Waals surface area contributed by atoms with Gasteiger partial charge >= 0.3 is 0 Å². The van der Waals surface area contributed by atoms with Crippen molar-refractivity contribution in [2.24, 2.45) is 0 Å². The average molecular weight is 335 g/mol. The third-order valence-electron chi connectivity index (χ3n) is 3.15. The van der Waals surface area contributed by atoms with E-state index in [2.05, 4.69) is 10.3 Å². The molecule has 0 saturated carbocycles. The van der Waals surface area contributed by atoms with Crippen LogP contribution >= 0.6 is 23.2 Å². The molecule has 2 aromatic carbocycles. The number of carbonyl (C=O) groups excluding carboxylic acids is 1. The zero-order chi connectivity index (χ0) is 15.7. The third-order valence-corrected chi connectivity index (χ3v) is 3.63. The smallest absolute Gasteiger partial charge is 0.239 e. The van der Waals surface area contributed by atoms with Crippen LogP contribution in [-0.4, -0.2) is 16.8 Å². The van der Waals surface area contributed by atoms with Crippen molar-refractivity contribution in [2.75, 3.05) is 11.2 Å². The molecule has 0 atom stereocenters. The first-order valence-corrected chi connectivity index (χ1v) is 7.51. The number of anilines is 1. The zero-order valence-electron chi connectivity index (χ0n) is 11.7. The van der Waals surface area contributed by atoms with Crippen LogP contribution in [0, 0.1) is 6.92 Å². The number of aryl methyl sites for hydroxylation is 1. The first kappa shape index (κ1) is 14.9. The van der Waals surface area contributed by atoms with Gasteiger partial charge < -0.3 is 9.73 Å². The van der Waals surface area contributed by atoms with Crippen LogP contribution in [0.15, 0.2) is 40.8 Å². The number of aromatic nitrogens is 1. The summed E-state index contributed by atoms with van der Waals surface area (Å²) in [4.78, 5) is 15.9. The van der Waals surface area contributed by atoms with E-state index in [9.17, 15) is 4.79 Å². The molecule has 112 valence electrons. The second-order valence-corrected chi connectivity index (χ2v) is 5.56. The summed E-state index contributed by atoms with van der Waals surface area (Å²) in [6.07, 6.45) is 0. The number of hydrogen-bond acceptors (Lipinski definition) is 3. The largest absolute Gasteiger partial charge is 0.436 e. The summed E-state index contributed by atoms with van der Waals surface area (Å²) in [5.41, 5.74) is 3.66. The van der Waals surface area contributed by atoms with Crippen molar-refractivity contribution < 1.29 is 9.21 Å². The molecule has 4 nitrogen and oxygen atoms in total. The predicted molar refractivity (Wildman–Crippen MR) is 88.5 cm³/mol. The highest BCUT2D eigenvalue weighted by molar-refractivity contribution is 6.30. The molecule has 0 spiro atoms. The molecule has 1 N–H and O–H groups in total. The van der Waals surface area contributed by atoms with Crippen molar-refractivity contribution >= 4 is 45.9 Å². The quantitative estimate of drug-likeness (QED) is 0.710. The van der Waals surface area contributed by atoms with Crippen molar-refractivity contribution in [1.29, 1.82) is 0 Å². The molecule has 0 aliphatic rings. The molecule has 22 heavy (non-hydrogen) atoms. The van der Waals surface area contributed by atoms with Crippen molar-refractivity contribution in [2.45, 2.75) is 6.92 Å². The SMILES string of the molecule is Cc1cc(NC(=O)CCl)cc2nc(-c3cccc(Cl)c3)oc12. The average Bonchev–Trinajstić information content (AvgIpc) is 2.92. The van der Waals surface area contributed by atoms with Gasteiger partial charge in [0.25, 0.3) is 0 Å². The molecule has 0 radical (unpaired) electrons. The number of alkyl halides is 1. The van der Waals surface area contributed by atoms with Crippen molar-refractivity contribution in [1.82, 2.24) is 4.98 Å². The molecule has 0 aliphatic carbocycles. The molecule has 3 rings (SSSR count). The fourth-order valence-corrected chi connectivity index (χ4v) is 2.47. The van der Waals surface area contributed by atoms with Gasteiger partial charge in [-0.1, -0.05) is 17.7 Å². The molecule has 0 aliphatic heterocycles. The van der Waals surface area contributed by atoms with Gasteiger partial charge in [0.2, 0.25) is 11.8 Å². The van der Waals surface area contributed by atoms with E-state index in [1.165, 1.54) is 0 Å². The lowest BCUT2D eigenvalue weighted by Crippen LogP contribution is -2.12. The summed E-state index contributed by atoms with van der Waals surface area (Å²) in [5.74, 6) is 0.129. The molecule has 1 heterocycles. The Morgan fingerprint density at radius 1 is 1.32 bits per heavy atom. The van der Waals surface area contributed by atoms with Crippen LogP contribution in [0.3, 0.4) is 0 Å². The molecule has 6 heteroatoms. The predicted octanol–water partition coefficient (Wildman–Crippen LogP) is 4.63. The molecule has 1 aromatic heterocycles. The van der Waals surface area contributed by atoms with Gasteiger partial charge in [0.15, 0.2) is 5.58 Å². The van der Waals surface area contributed by atoms with E-state index in [0.717, 1.165) is 11.1 Å². The lowest BCUT2D eigenvalue weighted by Gasteiger charge is -2.03. The molecule has 0 bridgehead atoms. The normalized spacial score (nSPS) is 10.9. The number of halogens is 2. The fraction of sp³-hybridized carbons (Fsp3) is 0.125. The summed E-state index contributed by atoms with van der Waals surface area (Å²) < 4.78 is 5.82. The molecule has 3 aromatic rings. The third kappa shape index (κ3) is 2.93. The fourth-order valence-electron chi connectivity index (χ4n) is 2.21. The van der Waals surface area contributed by atoms with E-state index in [0.29, 0.717) is 27.7 Å². The minimum absolute atomic E-state index is 0.0936. The lowest BCUT2D eigenvalue weighted by molar-refractivity contribution is -0.113. The second-order valence-electron chi connectivity index (χ2n) is 4.85. The van der Waals surface area contributed by atoms with Crippen LogP contribution in [0.2, 0.25) is 5.02 Å². The summed E-state index contributed by atoms with van der Waals surface area (Å²) in [5, 5.41) is 3.33. The number of rotatable bonds is 3. The zero-order valence-corrected chi connectivity index (χ0v) is 13.2. The van der Waals surface area contributed by atoms with Crippen LogP contribution in [0.25, 0.3) is 22.6 Å². The van der Waals surface area contributed by atoms with Crippen LogP contribution in [0.1, 0.15) is 5.56 Å². The Hall–Kier alpha value is -2.04. The topological polar surface area (TPSA) is 55.1 Å². The Labute approximate surface area is 137 Å². The molecular formula is C16H12Cl2N2O2. The monoisotopic (exact) mass is 334 g/mol. The first-order chi connectivity index (χ1) is 10.6. The Balaban J connectivity index is 2.06. The molecule has 0 saturated heterocycles. The maximum atomic E-state index is 11.4. The van der Waals surface area contributed by atoms with E-state index < -0.39 is 0 Å². The van der Waals surface area contributed by atoms with E-state index in [1.807, 2.05) is 25.1 Å². The van der Waals surface area contributed by atoms with Gasteiger partial charge in [-0.25, -0.2) is 4.98 Å².